The first kappa shape index (κ1) is 11.5. The second-order valence-electron chi connectivity index (χ2n) is 3.09. The fourth-order valence-electron chi connectivity index (χ4n) is 1.10. The van der Waals surface area contributed by atoms with Crippen molar-refractivity contribution in [3.63, 3.8) is 0 Å². The molecule has 0 amide bonds. The summed E-state index contributed by atoms with van der Waals surface area (Å²) in [4.78, 5) is 0. The summed E-state index contributed by atoms with van der Waals surface area (Å²) in [6.07, 6.45) is 0. The second kappa shape index (κ2) is 6.02. The standard InChI is InChI=1S/C11H14N2O2/c1-13-10(6-12)8-15-11-4-2-3-9(5-11)7-14/h2-5,10,13-14H,7-8H2,1H3. The first-order chi connectivity index (χ1) is 7.30. The van der Waals surface area contributed by atoms with E-state index in [1.165, 1.54) is 0 Å². The number of hydrogen-bond donors (Lipinski definition) is 2. The minimum absolute atomic E-state index is 0.00902. The van der Waals surface area contributed by atoms with E-state index in [1.807, 2.05) is 12.1 Å². The maximum atomic E-state index is 8.91. The van der Waals surface area contributed by atoms with E-state index in [-0.39, 0.29) is 12.6 Å². The minimum atomic E-state index is -0.317. The molecule has 0 aliphatic rings. The van der Waals surface area contributed by atoms with Crippen molar-refractivity contribution < 1.29 is 9.84 Å². The zero-order valence-electron chi connectivity index (χ0n) is 8.60. The molecule has 0 bridgehead atoms. The van der Waals surface area contributed by atoms with Gasteiger partial charge in [0.05, 0.1) is 12.7 Å². The molecule has 0 aliphatic heterocycles. The number of ether oxygens (including phenoxy) is 1. The lowest BCUT2D eigenvalue weighted by Crippen LogP contribution is -2.29. The van der Waals surface area contributed by atoms with Crippen LogP contribution in [-0.4, -0.2) is 24.8 Å². The van der Waals surface area contributed by atoms with Crippen molar-refractivity contribution in [3.8, 4) is 11.8 Å². The Morgan fingerprint density at radius 1 is 1.60 bits per heavy atom. The number of likely N-dealkylation sites (N-methyl/N-ethyl adjacent to an activating group) is 1. The smallest absolute Gasteiger partial charge is 0.129 e. The van der Waals surface area contributed by atoms with Crippen molar-refractivity contribution in [2.75, 3.05) is 13.7 Å². The number of nitrogens with zero attached hydrogens (tertiary/aromatic N) is 1. The Hall–Kier alpha value is -1.57. The second-order valence-corrected chi connectivity index (χ2v) is 3.09. The molecule has 2 N–H and O–H groups in total. The minimum Gasteiger partial charge on any atom is -0.491 e. The highest BCUT2D eigenvalue weighted by Crippen LogP contribution is 2.13. The molecule has 80 valence electrons. The zero-order chi connectivity index (χ0) is 11.1. The Morgan fingerprint density at radius 2 is 2.40 bits per heavy atom. The van der Waals surface area contributed by atoms with Crippen molar-refractivity contribution in [2.24, 2.45) is 0 Å². The lowest BCUT2D eigenvalue weighted by atomic mass is 10.2. The molecule has 15 heavy (non-hydrogen) atoms. The summed E-state index contributed by atoms with van der Waals surface area (Å²) < 4.78 is 5.40. The topological polar surface area (TPSA) is 65.3 Å². The number of nitrogens with one attached hydrogen (secondary N) is 1. The van der Waals surface area contributed by atoms with Crippen LogP contribution in [0.1, 0.15) is 5.56 Å². The third kappa shape index (κ3) is 3.58. The Bertz CT molecular complexity index is 347. The molecule has 4 nitrogen and oxygen atoms in total. The lowest BCUT2D eigenvalue weighted by molar-refractivity contribution is 0.276. The Labute approximate surface area is 89.1 Å². The largest absolute Gasteiger partial charge is 0.491 e. The summed E-state index contributed by atoms with van der Waals surface area (Å²) >= 11 is 0. The molecule has 1 atom stereocenters. The van der Waals surface area contributed by atoms with Gasteiger partial charge in [-0.05, 0) is 24.7 Å². The number of aliphatic hydroxyl groups is 1. The molecule has 4 heteroatoms. The highest BCUT2D eigenvalue weighted by Gasteiger charge is 2.04. The summed E-state index contributed by atoms with van der Waals surface area (Å²) in [7, 11) is 1.71. The van der Waals surface area contributed by atoms with Gasteiger partial charge in [-0.3, -0.25) is 0 Å². The monoisotopic (exact) mass is 206 g/mol. The summed E-state index contributed by atoms with van der Waals surface area (Å²) in [5.74, 6) is 0.664. The molecule has 0 heterocycles. The molecule has 1 rings (SSSR count). The molecule has 1 aromatic rings. The van der Waals surface area contributed by atoms with Gasteiger partial charge in [0, 0.05) is 0 Å². The Balaban J connectivity index is 2.54. The molecular weight excluding hydrogens is 192 g/mol. The molecule has 0 radical (unpaired) electrons. The summed E-state index contributed by atoms with van der Waals surface area (Å²) in [5.41, 5.74) is 0.797. The molecule has 0 aromatic heterocycles. The van der Waals surface area contributed by atoms with E-state index < -0.39 is 0 Å². The number of aliphatic hydroxyl groups excluding tert-OH is 1. The van der Waals surface area contributed by atoms with E-state index in [9.17, 15) is 0 Å². The number of rotatable bonds is 5. The predicted octanol–water partition coefficient (Wildman–Crippen LogP) is 0.669. The lowest BCUT2D eigenvalue weighted by Gasteiger charge is -2.10. The van der Waals surface area contributed by atoms with Gasteiger partial charge in [0.25, 0.3) is 0 Å². The zero-order valence-corrected chi connectivity index (χ0v) is 8.60. The third-order valence-electron chi connectivity index (χ3n) is 2.00. The van der Waals surface area contributed by atoms with Gasteiger partial charge in [-0.1, -0.05) is 12.1 Å². The van der Waals surface area contributed by atoms with Crippen molar-refractivity contribution in [1.29, 1.82) is 5.26 Å². The van der Waals surface area contributed by atoms with Crippen molar-refractivity contribution in [1.82, 2.24) is 5.32 Å². The first-order valence-electron chi connectivity index (χ1n) is 4.69. The average Bonchev–Trinajstić information content (AvgIpc) is 2.31. The Kier molecular flexibility index (Phi) is 4.61. The van der Waals surface area contributed by atoms with Gasteiger partial charge < -0.3 is 15.2 Å². The van der Waals surface area contributed by atoms with Gasteiger partial charge in [0.1, 0.15) is 18.4 Å². The van der Waals surface area contributed by atoms with Gasteiger partial charge in [-0.25, -0.2) is 0 Å². The van der Waals surface area contributed by atoms with Crippen LogP contribution in [0.5, 0.6) is 5.75 Å². The van der Waals surface area contributed by atoms with E-state index in [0.29, 0.717) is 12.4 Å². The van der Waals surface area contributed by atoms with Crippen LogP contribution in [0.2, 0.25) is 0 Å². The van der Waals surface area contributed by atoms with Gasteiger partial charge in [-0.15, -0.1) is 0 Å². The number of hydrogen-bond acceptors (Lipinski definition) is 4. The molecule has 0 saturated carbocycles. The van der Waals surface area contributed by atoms with E-state index in [1.54, 1.807) is 19.2 Å². The van der Waals surface area contributed by atoms with Crippen LogP contribution in [0, 0.1) is 11.3 Å². The molecular formula is C11H14N2O2. The van der Waals surface area contributed by atoms with Gasteiger partial charge in [-0.2, -0.15) is 5.26 Å². The summed E-state index contributed by atoms with van der Waals surface area (Å²) in [6.45, 7) is 0.285. The van der Waals surface area contributed by atoms with Crippen LogP contribution in [0.4, 0.5) is 0 Å². The number of nitriles is 1. The first-order valence-corrected chi connectivity index (χ1v) is 4.69. The molecule has 0 aliphatic carbocycles. The third-order valence-corrected chi connectivity index (χ3v) is 2.00. The van der Waals surface area contributed by atoms with E-state index in [4.69, 9.17) is 15.1 Å². The van der Waals surface area contributed by atoms with E-state index in [2.05, 4.69) is 11.4 Å². The molecule has 0 saturated heterocycles. The van der Waals surface area contributed by atoms with Crippen LogP contribution < -0.4 is 10.1 Å². The van der Waals surface area contributed by atoms with Crippen molar-refractivity contribution in [3.05, 3.63) is 29.8 Å². The van der Waals surface area contributed by atoms with Gasteiger partial charge >= 0.3 is 0 Å². The fourth-order valence-corrected chi connectivity index (χ4v) is 1.10. The van der Waals surface area contributed by atoms with Crippen LogP contribution in [-0.2, 0) is 6.61 Å². The molecule has 0 fully saturated rings. The van der Waals surface area contributed by atoms with Crippen molar-refractivity contribution in [2.45, 2.75) is 12.6 Å². The normalized spacial score (nSPS) is 11.8. The average molecular weight is 206 g/mol. The quantitative estimate of drug-likeness (QED) is 0.743. The van der Waals surface area contributed by atoms with Crippen LogP contribution in [0.15, 0.2) is 24.3 Å². The maximum absolute atomic E-state index is 8.91. The summed E-state index contributed by atoms with van der Waals surface area (Å²) in [5, 5.41) is 20.4. The molecule has 1 unspecified atom stereocenters. The maximum Gasteiger partial charge on any atom is 0.129 e. The molecule has 0 spiro atoms. The highest BCUT2D eigenvalue weighted by molar-refractivity contribution is 5.28. The number of benzene rings is 1. The van der Waals surface area contributed by atoms with Crippen LogP contribution >= 0.6 is 0 Å². The van der Waals surface area contributed by atoms with E-state index >= 15 is 0 Å². The van der Waals surface area contributed by atoms with E-state index in [0.717, 1.165) is 5.56 Å². The van der Waals surface area contributed by atoms with Crippen molar-refractivity contribution >= 4 is 0 Å². The van der Waals surface area contributed by atoms with Crippen LogP contribution in [0.25, 0.3) is 0 Å². The molecule has 1 aromatic carbocycles. The van der Waals surface area contributed by atoms with Gasteiger partial charge in [0.15, 0.2) is 0 Å². The highest BCUT2D eigenvalue weighted by atomic mass is 16.5. The fraction of sp³-hybridized carbons (Fsp3) is 0.364. The summed E-state index contributed by atoms with van der Waals surface area (Å²) in [6, 6.07) is 8.92. The van der Waals surface area contributed by atoms with Gasteiger partial charge in [0.2, 0.25) is 0 Å². The SMILES string of the molecule is CNC(C#N)COc1cccc(CO)c1. The Morgan fingerprint density at radius 3 is 3.00 bits per heavy atom. The predicted molar refractivity (Wildman–Crippen MR) is 56.3 cm³/mol. The van der Waals surface area contributed by atoms with Crippen LogP contribution in [0.3, 0.4) is 0 Å².